The number of nitrogens with zero attached hydrogens (tertiary/aromatic N) is 3. The summed E-state index contributed by atoms with van der Waals surface area (Å²) in [5.74, 6) is 0.866. The van der Waals surface area contributed by atoms with Gasteiger partial charge in [-0.25, -0.2) is 9.97 Å². The Labute approximate surface area is 118 Å². The van der Waals surface area contributed by atoms with E-state index in [1.54, 1.807) is 7.05 Å². The standard InChI is InChI=1S/C14H20N4O2/c1-9-5-10(15-4)17-11(16-9)8-18-12(19)6-14(2,3)7-13(18)20/h5H,6-8H2,1-4H3,(H,15,16,17). The van der Waals surface area contributed by atoms with Crippen LogP contribution >= 0.6 is 0 Å². The van der Waals surface area contributed by atoms with Gasteiger partial charge in [0, 0.05) is 31.6 Å². The molecule has 2 rings (SSSR count). The molecular formula is C14H20N4O2. The first kappa shape index (κ1) is 14.4. The number of aryl methyl sites for hydroxylation is 1. The lowest BCUT2D eigenvalue weighted by molar-refractivity contribution is -0.153. The summed E-state index contributed by atoms with van der Waals surface area (Å²) in [4.78, 5) is 34.0. The van der Waals surface area contributed by atoms with E-state index in [-0.39, 0.29) is 23.8 Å². The second-order valence-electron chi connectivity index (χ2n) is 5.95. The van der Waals surface area contributed by atoms with Gasteiger partial charge in [0.1, 0.15) is 5.82 Å². The molecule has 1 saturated heterocycles. The number of anilines is 1. The first-order valence-corrected chi connectivity index (χ1v) is 6.66. The van der Waals surface area contributed by atoms with Crippen LogP contribution in [0.2, 0.25) is 0 Å². The van der Waals surface area contributed by atoms with E-state index in [0.29, 0.717) is 24.5 Å². The van der Waals surface area contributed by atoms with E-state index in [4.69, 9.17) is 0 Å². The van der Waals surface area contributed by atoms with Crippen LogP contribution in [0.3, 0.4) is 0 Å². The average molecular weight is 276 g/mol. The highest BCUT2D eigenvalue weighted by molar-refractivity contribution is 5.98. The highest BCUT2D eigenvalue weighted by Crippen LogP contribution is 2.31. The van der Waals surface area contributed by atoms with Crippen molar-refractivity contribution < 1.29 is 9.59 Å². The molecule has 2 amide bonds. The van der Waals surface area contributed by atoms with Crippen LogP contribution in [0.15, 0.2) is 6.07 Å². The third-order valence-corrected chi connectivity index (χ3v) is 3.32. The van der Waals surface area contributed by atoms with Crippen LogP contribution in [0, 0.1) is 12.3 Å². The number of nitrogens with one attached hydrogen (secondary N) is 1. The quantitative estimate of drug-likeness (QED) is 0.847. The molecule has 0 bridgehead atoms. The molecule has 0 radical (unpaired) electrons. The van der Waals surface area contributed by atoms with Crippen LogP contribution in [-0.4, -0.2) is 33.7 Å². The van der Waals surface area contributed by atoms with Gasteiger partial charge in [-0.1, -0.05) is 13.8 Å². The fraction of sp³-hybridized carbons (Fsp3) is 0.571. The van der Waals surface area contributed by atoms with E-state index in [1.807, 2.05) is 26.8 Å². The lowest BCUT2D eigenvalue weighted by Crippen LogP contribution is -2.45. The van der Waals surface area contributed by atoms with Crippen molar-refractivity contribution in [3.63, 3.8) is 0 Å². The zero-order valence-corrected chi connectivity index (χ0v) is 12.4. The first-order valence-electron chi connectivity index (χ1n) is 6.66. The minimum absolute atomic E-state index is 0.143. The van der Waals surface area contributed by atoms with E-state index < -0.39 is 0 Å². The van der Waals surface area contributed by atoms with E-state index >= 15 is 0 Å². The molecule has 108 valence electrons. The highest BCUT2D eigenvalue weighted by Gasteiger charge is 2.37. The Kier molecular flexibility index (Phi) is 3.74. The van der Waals surface area contributed by atoms with Crippen LogP contribution in [0.4, 0.5) is 5.82 Å². The number of rotatable bonds is 3. The second kappa shape index (κ2) is 5.19. The van der Waals surface area contributed by atoms with Gasteiger partial charge >= 0.3 is 0 Å². The van der Waals surface area contributed by atoms with Gasteiger partial charge in [0.15, 0.2) is 5.82 Å². The summed E-state index contributed by atoms with van der Waals surface area (Å²) in [6.07, 6.45) is 0.757. The monoisotopic (exact) mass is 276 g/mol. The molecule has 1 fully saturated rings. The third-order valence-electron chi connectivity index (χ3n) is 3.32. The van der Waals surface area contributed by atoms with Gasteiger partial charge in [-0.05, 0) is 12.3 Å². The van der Waals surface area contributed by atoms with Gasteiger partial charge in [-0.3, -0.25) is 14.5 Å². The van der Waals surface area contributed by atoms with Crippen LogP contribution in [0.1, 0.15) is 38.2 Å². The number of hydrogen-bond donors (Lipinski definition) is 1. The molecule has 0 aliphatic carbocycles. The Morgan fingerprint density at radius 1 is 1.25 bits per heavy atom. The van der Waals surface area contributed by atoms with E-state index in [2.05, 4.69) is 15.3 Å². The van der Waals surface area contributed by atoms with Crippen molar-refractivity contribution in [1.82, 2.24) is 14.9 Å². The molecule has 0 aromatic carbocycles. The zero-order valence-electron chi connectivity index (χ0n) is 12.4. The normalized spacial score (nSPS) is 18.3. The van der Waals surface area contributed by atoms with Gasteiger partial charge in [0.25, 0.3) is 0 Å². The van der Waals surface area contributed by atoms with Crippen molar-refractivity contribution in [1.29, 1.82) is 0 Å². The van der Waals surface area contributed by atoms with Gasteiger partial charge in [0.05, 0.1) is 6.54 Å². The number of aromatic nitrogens is 2. The van der Waals surface area contributed by atoms with Crippen LogP contribution < -0.4 is 5.32 Å². The fourth-order valence-electron chi connectivity index (χ4n) is 2.36. The first-order chi connectivity index (χ1) is 9.30. The summed E-state index contributed by atoms with van der Waals surface area (Å²) in [5.41, 5.74) is 0.547. The minimum Gasteiger partial charge on any atom is -0.373 e. The maximum Gasteiger partial charge on any atom is 0.230 e. The summed E-state index contributed by atoms with van der Waals surface area (Å²) < 4.78 is 0. The number of likely N-dealkylation sites (tertiary alicyclic amines) is 1. The maximum atomic E-state index is 12.1. The molecule has 2 heterocycles. The molecule has 20 heavy (non-hydrogen) atoms. The van der Waals surface area contributed by atoms with E-state index in [9.17, 15) is 9.59 Å². The Morgan fingerprint density at radius 3 is 2.40 bits per heavy atom. The van der Waals surface area contributed by atoms with Crippen molar-refractivity contribution >= 4 is 17.6 Å². The molecule has 0 unspecified atom stereocenters. The largest absolute Gasteiger partial charge is 0.373 e. The van der Waals surface area contributed by atoms with Crippen molar-refractivity contribution in [2.45, 2.75) is 40.2 Å². The average Bonchev–Trinajstić information content (AvgIpc) is 2.32. The summed E-state index contributed by atoms with van der Waals surface area (Å²) >= 11 is 0. The van der Waals surface area contributed by atoms with E-state index in [0.717, 1.165) is 5.69 Å². The van der Waals surface area contributed by atoms with Crippen molar-refractivity contribution in [2.75, 3.05) is 12.4 Å². The van der Waals surface area contributed by atoms with Crippen molar-refractivity contribution in [3.8, 4) is 0 Å². The lowest BCUT2D eigenvalue weighted by Gasteiger charge is -2.34. The Morgan fingerprint density at radius 2 is 1.85 bits per heavy atom. The predicted molar refractivity (Wildman–Crippen MR) is 74.9 cm³/mol. The second-order valence-corrected chi connectivity index (χ2v) is 5.95. The molecule has 1 aromatic heterocycles. The molecule has 6 nitrogen and oxygen atoms in total. The number of carbonyl (C=O) groups excluding carboxylic acids is 2. The number of carbonyl (C=O) groups is 2. The van der Waals surface area contributed by atoms with Crippen LogP contribution in [0.5, 0.6) is 0 Å². The summed E-state index contributed by atoms with van der Waals surface area (Å²) in [6.45, 7) is 5.86. The minimum atomic E-state index is -0.256. The number of amides is 2. The molecule has 1 aliphatic heterocycles. The number of hydrogen-bond acceptors (Lipinski definition) is 5. The molecule has 1 N–H and O–H groups in total. The SMILES string of the molecule is CNc1cc(C)nc(CN2C(=O)CC(C)(C)CC2=O)n1. The topological polar surface area (TPSA) is 75.2 Å². The summed E-state index contributed by atoms with van der Waals surface area (Å²) in [7, 11) is 1.77. The molecule has 0 saturated carbocycles. The lowest BCUT2D eigenvalue weighted by atomic mass is 9.82. The number of piperidine rings is 1. The fourth-order valence-corrected chi connectivity index (χ4v) is 2.36. The third kappa shape index (κ3) is 3.12. The van der Waals surface area contributed by atoms with Crippen molar-refractivity contribution in [2.24, 2.45) is 5.41 Å². The summed E-state index contributed by atoms with van der Waals surface area (Å²) in [5, 5.41) is 2.94. The van der Waals surface area contributed by atoms with Gasteiger partial charge < -0.3 is 5.32 Å². The Hall–Kier alpha value is -1.98. The van der Waals surface area contributed by atoms with Gasteiger partial charge in [0.2, 0.25) is 11.8 Å². The van der Waals surface area contributed by atoms with Gasteiger partial charge in [-0.2, -0.15) is 0 Å². The molecule has 0 spiro atoms. The van der Waals surface area contributed by atoms with Gasteiger partial charge in [-0.15, -0.1) is 0 Å². The molecular weight excluding hydrogens is 256 g/mol. The Bertz CT molecular complexity index is 534. The Balaban J connectivity index is 2.19. The molecule has 1 aromatic rings. The smallest absolute Gasteiger partial charge is 0.230 e. The van der Waals surface area contributed by atoms with Crippen LogP contribution in [0.25, 0.3) is 0 Å². The van der Waals surface area contributed by atoms with Crippen LogP contribution in [-0.2, 0) is 16.1 Å². The molecule has 1 aliphatic rings. The molecule has 6 heteroatoms. The predicted octanol–water partition coefficient (Wildman–Crippen LogP) is 1.50. The zero-order chi connectivity index (χ0) is 14.9. The number of imide groups is 1. The maximum absolute atomic E-state index is 12.1. The summed E-state index contributed by atoms with van der Waals surface area (Å²) in [6, 6.07) is 1.81. The molecule has 0 atom stereocenters. The van der Waals surface area contributed by atoms with Crippen molar-refractivity contribution in [3.05, 3.63) is 17.6 Å². The van der Waals surface area contributed by atoms with E-state index in [1.165, 1.54) is 4.90 Å². The highest BCUT2D eigenvalue weighted by atomic mass is 16.2.